The predicted molar refractivity (Wildman–Crippen MR) is 68.9 cm³/mol. The number of rotatable bonds is 2. The maximum Gasteiger partial charge on any atom is 0.326 e. The zero-order valence-corrected chi connectivity index (χ0v) is 11.4. The molecule has 2 unspecified atom stereocenters. The Hall–Kier alpha value is -1.85. The van der Waals surface area contributed by atoms with E-state index >= 15 is 0 Å². The summed E-state index contributed by atoms with van der Waals surface area (Å²) in [7, 11) is 0. The zero-order valence-electron chi connectivity index (χ0n) is 11.4. The Bertz CT molecular complexity index is 490. The van der Waals surface area contributed by atoms with Gasteiger partial charge in [0.05, 0.1) is 11.3 Å². The number of aryl methyl sites for hydroxylation is 2. The lowest BCUT2D eigenvalue weighted by atomic mass is 9.91. The molecule has 6 nitrogen and oxygen atoms in total. The largest absolute Gasteiger partial charge is 0.480 e. The fraction of sp³-hybridized carbons (Fsp3) is 0.615. The smallest absolute Gasteiger partial charge is 0.326 e. The van der Waals surface area contributed by atoms with Gasteiger partial charge >= 0.3 is 5.97 Å². The molecule has 2 N–H and O–H groups in total. The molecule has 1 aromatic rings. The average Bonchev–Trinajstić information content (AvgIpc) is 2.68. The van der Waals surface area contributed by atoms with E-state index < -0.39 is 12.0 Å². The van der Waals surface area contributed by atoms with Crippen LogP contribution in [0, 0.1) is 19.8 Å². The first-order valence-corrected chi connectivity index (χ1v) is 6.47. The third kappa shape index (κ3) is 2.47. The summed E-state index contributed by atoms with van der Waals surface area (Å²) < 4.78 is 0. The topological polar surface area (TPSA) is 86.3 Å². The lowest BCUT2D eigenvalue weighted by Crippen LogP contribution is -2.50. The number of carbonyl (C=O) groups is 2. The van der Waals surface area contributed by atoms with Crippen LogP contribution in [0.1, 0.15) is 41.5 Å². The Balaban J connectivity index is 2.29. The molecule has 2 heterocycles. The van der Waals surface area contributed by atoms with Crippen LogP contribution in [0.15, 0.2) is 0 Å². The van der Waals surface area contributed by atoms with Crippen LogP contribution in [0.25, 0.3) is 0 Å². The van der Waals surface area contributed by atoms with Crippen LogP contribution in [0.3, 0.4) is 0 Å². The van der Waals surface area contributed by atoms with Gasteiger partial charge < -0.3 is 10.0 Å². The predicted octanol–water partition coefficient (Wildman–Crippen LogP) is 1.35. The standard InChI is InChI=1S/C13H19N3O3/c1-7-4-5-16(10(6-7)13(18)19)12(17)11-8(2)14-15-9(11)3/h7,10H,4-6H2,1-3H3,(H,14,15)(H,18,19). The number of hydrogen-bond donors (Lipinski definition) is 2. The molecule has 19 heavy (non-hydrogen) atoms. The Morgan fingerprint density at radius 1 is 1.42 bits per heavy atom. The lowest BCUT2D eigenvalue weighted by molar-refractivity contribution is -0.144. The minimum atomic E-state index is -0.932. The molecule has 2 rings (SSSR count). The molecular weight excluding hydrogens is 246 g/mol. The maximum absolute atomic E-state index is 12.5. The van der Waals surface area contributed by atoms with Crippen LogP contribution in [0.2, 0.25) is 0 Å². The van der Waals surface area contributed by atoms with E-state index in [1.807, 2.05) is 6.92 Å². The fourth-order valence-corrected chi connectivity index (χ4v) is 2.63. The Labute approximate surface area is 111 Å². The van der Waals surface area contributed by atoms with Crippen molar-refractivity contribution in [1.29, 1.82) is 0 Å². The number of likely N-dealkylation sites (tertiary alicyclic amines) is 1. The van der Waals surface area contributed by atoms with Gasteiger partial charge in [-0.1, -0.05) is 6.92 Å². The van der Waals surface area contributed by atoms with Gasteiger partial charge in [-0.25, -0.2) is 4.79 Å². The molecule has 104 valence electrons. The van der Waals surface area contributed by atoms with Crippen molar-refractivity contribution in [2.45, 2.75) is 39.7 Å². The number of hydrogen-bond acceptors (Lipinski definition) is 3. The summed E-state index contributed by atoms with van der Waals surface area (Å²) >= 11 is 0. The Kier molecular flexibility index (Phi) is 3.59. The summed E-state index contributed by atoms with van der Waals surface area (Å²) in [5.41, 5.74) is 1.80. The van der Waals surface area contributed by atoms with Crippen LogP contribution in [-0.4, -0.2) is 44.7 Å². The van der Waals surface area contributed by atoms with Crippen LogP contribution in [0.4, 0.5) is 0 Å². The highest BCUT2D eigenvalue weighted by Gasteiger charge is 2.36. The van der Waals surface area contributed by atoms with Crippen LogP contribution < -0.4 is 0 Å². The number of nitrogens with one attached hydrogen (secondary N) is 1. The maximum atomic E-state index is 12.5. The highest BCUT2D eigenvalue weighted by molar-refractivity contribution is 5.98. The molecule has 1 amide bonds. The van der Waals surface area contributed by atoms with E-state index in [4.69, 9.17) is 0 Å². The number of amides is 1. The molecule has 1 aliphatic heterocycles. The quantitative estimate of drug-likeness (QED) is 0.845. The third-order valence-electron chi connectivity index (χ3n) is 3.75. The summed E-state index contributed by atoms with van der Waals surface area (Å²) in [5.74, 6) is -0.835. The molecule has 0 aliphatic carbocycles. The second-order valence-corrected chi connectivity index (χ2v) is 5.29. The molecule has 0 aromatic carbocycles. The van der Waals surface area contributed by atoms with Gasteiger partial charge in [0.2, 0.25) is 0 Å². The highest BCUT2D eigenvalue weighted by Crippen LogP contribution is 2.25. The molecule has 0 spiro atoms. The van der Waals surface area contributed by atoms with Crippen molar-refractivity contribution in [3.63, 3.8) is 0 Å². The van der Waals surface area contributed by atoms with Crippen molar-refractivity contribution in [2.24, 2.45) is 5.92 Å². The summed E-state index contributed by atoms with van der Waals surface area (Å²) in [5, 5.41) is 16.1. The molecule has 1 saturated heterocycles. The lowest BCUT2D eigenvalue weighted by Gasteiger charge is -2.36. The van der Waals surface area contributed by atoms with Gasteiger partial charge in [0.15, 0.2) is 0 Å². The second-order valence-electron chi connectivity index (χ2n) is 5.29. The minimum Gasteiger partial charge on any atom is -0.480 e. The molecule has 0 radical (unpaired) electrons. The SMILES string of the molecule is Cc1n[nH]c(C)c1C(=O)N1CCC(C)CC1C(=O)O. The van der Waals surface area contributed by atoms with Gasteiger partial charge in [-0.15, -0.1) is 0 Å². The first-order chi connectivity index (χ1) is 8.91. The number of carboxylic acids is 1. The molecule has 6 heteroatoms. The molecule has 1 aromatic heterocycles. The summed E-state index contributed by atoms with van der Waals surface area (Å²) in [6, 6.07) is -0.732. The zero-order chi connectivity index (χ0) is 14.2. The number of nitrogens with zero attached hydrogens (tertiary/aromatic N) is 2. The molecule has 1 fully saturated rings. The Morgan fingerprint density at radius 2 is 2.11 bits per heavy atom. The van der Waals surface area contributed by atoms with Crippen LogP contribution in [0.5, 0.6) is 0 Å². The number of aliphatic carboxylic acids is 1. The van der Waals surface area contributed by atoms with Crippen molar-refractivity contribution < 1.29 is 14.7 Å². The number of H-pyrrole nitrogens is 1. The van der Waals surface area contributed by atoms with Gasteiger partial charge in [0, 0.05) is 12.2 Å². The number of aromatic amines is 1. The van der Waals surface area contributed by atoms with Crippen molar-refractivity contribution in [3.8, 4) is 0 Å². The molecule has 0 bridgehead atoms. The number of piperidine rings is 1. The van der Waals surface area contributed by atoms with E-state index in [1.165, 1.54) is 4.90 Å². The van der Waals surface area contributed by atoms with Gasteiger partial charge in [-0.3, -0.25) is 9.89 Å². The molecule has 0 saturated carbocycles. The number of carboxylic acid groups (broad SMARTS) is 1. The monoisotopic (exact) mass is 265 g/mol. The number of aromatic nitrogens is 2. The number of carbonyl (C=O) groups excluding carboxylic acids is 1. The normalized spacial score (nSPS) is 23.4. The first-order valence-electron chi connectivity index (χ1n) is 6.47. The van der Waals surface area contributed by atoms with Gasteiger partial charge in [-0.05, 0) is 32.6 Å². The average molecular weight is 265 g/mol. The first kappa shape index (κ1) is 13.6. The van der Waals surface area contributed by atoms with Crippen molar-refractivity contribution in [1.82, 2.24) is 15.1 Å². The van der Waals surface area contributed by atoms with Crippen molar-refractivity contribution >= 4 is 11.9 Å². The van der Waals surface area contributed by atoms with E-state index in [0.29, 0.717) is 35.8 Å². The third-order valence-corrected chi connectivity index (χ3v) is 3.75. The van der Waals surface area contributed by atoms with Gasteiger partial charge in [0.25, 0.3) is 5.91 Å². The van der Waals surface area contributed by atoms with Crippen LogP contribution in [-0.2, 0) is 4.79 Å². The van der Waals surface area contributed by atoms with E-state index in [-0.39, 0.29) is 5.91 Å². The van der Waals surface area contributed by atoms with Gasteiger partial charge in [0.1, 0.15) is 6.04 Å². The second kappa shape index (κ2) is 5.03. The van der Waals surface area contributed by atoms with E-state index in [9.17, 15) is 14.7 Å². The fourth-order valence-electron chi connectivity index (χ4n) is 2.63. The minimum absolute atomic E-state index is 0.233. The van der Waals surface area contributed by atoms with Crippen LogP contribution >= 0.6 is 0 Å². The Morgan fingerprint density at radius 3 is 2.63 bits per heavy atom. The van der Waals surface area contributed by atoms with E-state index in [2.05, 4.69) is 10.2 Å². The van der Waals surface area contributed by atoms with Crippen molar-refractivity contribution in [3.05, 3.63) is 17.0 Å². The highest BCUT2D eigenvalue weighted by atomic mass is 16.4. The van der Waals surface area contributed by atoms with Gasteiger partial charge in [-0.2, -0.15) is 5.10 Å². The van der Waals surface area contributed by atoms with E-state index in [0.717, 1.165) is 6.42 Å². The van der Waals surface area contributed by atoms with E-state index in [1.54, 1.807) is 13.8 Å². The molecule has 2 atom stereocenters. The van der Waals surface area contributed by atoms with Crippen molar-refractivity contribution in [2.75, 3.05) is 6.54 Å². The summed E-state index contributed by atoms with van der Waals surface area (Å²) in [6.07, 6.45) is 1.35. The molecule has 1 aliphatic rings. The summed E-state index contributed by atoms with van der Waals surface area (Å²) in [4.78, 5) is 25.3. The molecular formula is C13H19N3O3. The summed E-state index contributed by atoms with van der Waals surface area (Å²) in [6.45, 7) is 6.03.